The van der Waals surface area contributed by atoms with Gasteiger partial charge in [0.25, 0.3) is 0 Å². The third kappa shape index (κ3) is 3.56. The molecule has 0 N–H and O–H groups in total. The average Bonchev–Trinajstić information content (AvgIpc) is 3.16. The van der Waals surface area contributed by atoms with E-state index in [0.29, 0.717) is 5.92 Å². The summed E-state index contributed by atoms with van der Waals surface area (Å²) in [6.45, 7) is 2.27. The Balaban J connectivity index is 1.79. The Morgan fingerprint density at radius 2 is 2.07 bits per heavy atom. The molecule has 1 aromatic carbocycles. The van der Waals surface area contributed by atoms with Crippen LogP contribution in [0.2, 0.25) is 0 Å². The molecule has 1 aromatic heterocycles. The molecule has 4 nitrogen and oxygen atoms in total. The number of hydrogen-bond acceptors (Lipinski definition) is 5. The fourth-order valence-electron chi connectivity index (χ4n) is 3.51. The van der Waals surface area contributed by atoms with E-state index in [1.54, 1.807) is 20.5 Å². The summed E-state index contributed by atoms with van der Waals surface area (Å²) in [5.74, 6) is 2.92. The number of benzene rings is 1. The van der Waals surface area contributed by atoms with Crippen LogP contribution in [0.25, 0.3) is 0 Å². The maximum absolute atomic E-state index is 5.68. The monoisotopic (exact) mass is 381 g/mol. The molecule has 2 aliphatic rings. The molecule has 140 valence electrons. The molecule has 0 amide bonds. The molecule has 5 heteroatoms. The first-order chi connectivity index (χ1) is 13.2. The fraction of sp³-hybridized carbons (Fsp3) is 0.318. The molecule has 0 saturated heterocycles. The van der Waals surface area contributed by atoms with Crippen LogP contribution in [-0.2, 0) is 0 Å². The summed E-state index contributed by atoms with van der Waals surface area (Å²) in [7, 11) is 3.38. The van der Waals surface area contributed by atoms with Gasteiger partial charge in [-0.2, -0.15) is 0 Å². The van der Waals surface area contributed by atoms with E-state index >= 15 is 0 Å². The van der Waals surface area contributed by atoms with Crippen LogP contribution in [0, 0.1) is 5.92 Å². The molecule has 1 aliphatic heterocycles. The number of nitrogens with zero attached hydrogens (tertiary/aromatic N) is 1. The molecule has 2 aromatic rings. The van der Waals surface area contributed by atoms with Crippen molar-refractivity contribution in [3.8, 4) is 11.5 Å². The number of methoxy groups -OCH3 is 2. The lowest BCUT2D eigenvalue weighted by Gasteiger charge is -2.23. The second kappa shape index (κ2) is 7.69. The SMILES string of the molecule is COc1ccc(C2CC(c3ccco3)=NC3=C(S2)C(C)CC=C3)c(OC)c1. The highest BCUT2D eigenvalue weighted by Crippen LogP contribution is 2.49. The number of rotatable bonds is 4. The van der Waals surface area contributed by atoms with E-state index in [1.807, 2.05) is 36.0 Å². The number of ether oxygens (including phenoxy) is 2. The first kappa shape index (κ1) is 18.0. The lowest BCUT2D eigenvalue weighted by Crippen LogP contribution is -2.07. The van der Waals surface area contributed by atoms with E-state index in [1.165, 1.54) is 4.91 Å². The van der Waals surface area contributed by atoms with E-state index in [-0.39, 0.29) is 5.25 Å². The predicted octanol–water partition coefficient (Wildman–Crippen LogP) is 5.77. The van der Waals surface area contributed by atoms with Gasteiger partial charge in [-0.3, -0.25) is 0 Å². The molecule has 4 rings (SSSR count). The summed E-state index contributed by atoms with van der Waals surface area (Å²) in [6.07, 6.45) is 7.87. The molecule has 2 atom stereocenters. The van der Waals surface area contributed by atoms with Crippen molar-refractivity contribution >= 4 is 17.5 Å². The Hall–Kier alpha value is -2.40. The molecule has 2 unspecified atom stereocenters. The highest BCUT2D eigenvalue weighted by molar-refractivity contribution is 8.03. The number of aliphatic imine (C=N–C) groups is 1. The van der Waals surface area contributed by atoms with Crippen molar-refractivity contribution in [3.63, 3.8) is 0 Å². The molecule has 0 saturated carbocycles. The maximum Gasteiger partial charge on any atom is 0.148 e. The molecule has 1 aliphatic carbocycles. The van der Waals surface area contributed by atoms with E-state index < -0.39 is 0 Å². The smallest absolute Gasteiger partial charge is 0.148 e. The molecular weight excluding hydrogens is 358 g/mol. The quantitative estimate of drug-likeness (QED) is 0.674. The average molecular weight is 381 g/mol. The standard InChI is InChI=1S/C22H23NO3S/c1-14-6-4-7-17-22(14)27-21(13-18(23-17)19-8-5-11-26-19)16-10-9-15(24-2)12-20(16)25-3/h4-5,7-12,14,21H,6,13H2,1-3H3. The summed E-state index contributed by atoms with van der Waals surface area (Å²) >= 11 is 1.89. The number of furan rings is 1. The first-order valence-corrected chi connectivity index (χ1v) is 9.98. The lowest BCUT2D eigenvalue weighted by molar-refractivity contribution is 0.391. The Morgan fingerprint density at radius 1 is 1.19 bits per heavy atom. The van der Waals surface area contributed by atoms with Crippen LogP contribution in [0.15, 0.2) is 68.8 Å². The van der Waals surface area contributed by atoms with Crippen molar-refractivity contribution < 1.29 is 13.9 Å². The van der Waals surface area contributed by atoms with Crippen molar-refractivity contribution in [2.24, 2.45) is 10.9 Å². The minimum absolute atomic E-state index is 0.191. The van der Waals surface area contributed by atoms with Crippen LogP contribution in [0.4, 0.5) is 0 Å². The zero-order valence-corrected chi connectivity index (χ0v) is 16.6. The number of allylic oxidation sites excluding steroid dienone is 3. The first-order valence-electron chi connectivity index (χ1n) is 9.10. The van der Waals surface area contributed by atoms with E-state index in [4.69, 9.17) is 18.9 Å². The van der Waals surface area contributed by atoms with Gasteiger partial charge in [-0.1, -0.05) is 19.1 Å². The Morgan fingerprint density at radius 3 is 2.81 bits per heavy atom. The minimum Gasteiger partial charge on any atom is -0.497 e. The van der Waals surface area contributed by atoms with Crippen molar-refractivity contribution in [2.45, 2.75) is 25.0 Å². The number of thioether (sulfide) groups is 1. The van der Waals surface area contributed by atoms with Crippen LogP contribution in [0.3, 0.4) is 0 Å². The van der Waals surface area contributed by atoms with Crippen molar-refractivity contribution in [3.05, 3.63) is 70.7 Å². The van der Waals surface area contributed by atoms with Crippen molar-refractivity contribution in [2.75, 3.05) is 14.2 Å². The van der Waals surface area contributed by atoms with Gasteiger partial charge in [-0.25, -0.2) is 4.99 Å². The van der Waals surface area contributed by atoms with Crippen LogP contribution < -0.4 is 9.47 Å². The Kier molecular flexibility index (Phi) is 5.12. The molecule has 2 heterocycles. The predicted molar refractivity (Wildman–Crippen MR) is 110 cm³/mol. The second-order valence-electron chi connectivity index (χ2n) is 6.74. The number of hydrogen-bond donors (Lipinski definition) is 0. The summed E-state index contributed by atoms with van der Waals surface area (Å²) in [5.41, 5.74) is 3.18. The molecule has 0 radical (unpaired) electrons. The molecule has 0 fully saturated rings. The molecular formula is C22H23NO3S. The lowest BCUT2D eigenvalue weighted by atomic mass is 10.0. The third-order valence-electron chi connectivity index (χ3n) is 4.96. The van der Waals surface area contributed by atoms with Gasteiger partial charge in [-0.15, -0.1) is 11.8 Å². The molecule has 0 spiro atoms. The van der Waals surface area contributed by atoms with Crippen molar-refractivity contribution in [1.82, 2.24) is 0 Å². The highest BCUT2D eigenvalue weighted by atomic mass is 32.2. The van der Waals surface area contributed by atoms with Crippen LogP contribution >= 0.6 is 11.8 Å². The fourth-order valence-corrected chi connectivity index (χ4v) is 4.94. The van der Waals surface area contributed by atoms with E-state index in [2.05, 4.69) is 25.1 Å². The summed E-state index contributed by atoms with van der Waals surface area (Å²) in [4.78, 5) is 6.32. The second-order valence-corrected chi connectivity index (χ2v) is 7.99. The summed E-state index contributed by atoms with van der Waals surface area (Å²) in [5, 5.41) is 0.191. The van der Waals surface area contributed by atoms with Gasteiger partial charge in [0.2, 0.25) is 0 Å². The van der Waals surface area contributed by atoms with Gasteiger partial charge in [0.15, 0.2) is 0 Å². The topological polar surface area (TPSA) is 44.0 Å². The van der Waals surface area contributed by atoms with Gasteiger partial charge in [-0.05, 0) is 36.6 Å². The maximum atomic E-state index is 5.68. The van der Waals surface area contributed by atoms with E-state index in [9.17, 15) is 0 Å². The molecule has 0 bridgehead atoms. The van der Waals surface area contributed by atoms with Gasteiger partial charge in [0.1, 0.15) is 17.3 Å². The van der Waals surface area contributed by atoms with Gasteiger partial charge in [0.05, 0.1) is 31.9 Å². The van der Waals surface area contributed by atoms with Crippen LogP contribution in [0.5, 0.6) is 11.5 Å². The highest BCUT2D eigenvalue weighted by Gasteiger charge is 2.29. The van der Waals surface area contributed by atoms with Gasteiger partial charge in [0, 0.05) is 28.2 Å². The van der Waals surface area contributed by atoms with Crippen LogP contribution in [0.1, 0.15) is 36.3 Å². The van der Waals surface area contributed by atoms with Crippen LogP contribution in [-0.4, -0.2) is 19.9 Å². The van der Waals surface area contributed by atoms with Crippen molar-refractivity contribution in [1.29, 1.82) is 0 Å². The van der Waals surface area contributed by atoms with Gasteiger partial charge < -0.3 is 13.9 Å². The van der Waals surface area contributed by atoms with E-state index in [0.717, 1.165) is 47.1 Å². The summed E-state index contributed by atoms with van der Waals surface area (Å²) in [6, 6.07) is 9.93. The van der Waals surface area contributed by atoms with Gasteiger partial charge >= 0.3 is 0 Å². The third-order valence-corrected chi connectivity index (χ3v) is 6.53. The largest absolute Gasteiger partial charge is 0.497 e. The molecule has 27 heavy (non-hydrogen) atoms. The Labute approximate surface area is 164 Å². The zero-order valence-electron chi connectivity index (χ0n) is 15.8. The normalized spacial score (nSPS) is 22.1. The summed E-state index contributed by atoms with van der Waals surface area (Å²) < 4.78 is 16.7. The zero-order chi connectivity index (χ0) is 18.8. The minimum atomic E-state index is 0.191. The Bertz CT molecular complexity index is 912.